The molecular formula is C13H14Cl2N4O. The summed E-state index contributed by atoms with van der Waals surface area (Å²) < 4.78 is 0. The van der Waals surface area contributed by atoms with Gasteiger partial charge in [0.2, 0.25) is 0 Å². The van der Waals surface area contributed by atoms with Crippen molar-refractivity contribution in [1.82, 2.24) is 15.5 Å². The second-order valence-corrected chi connectivity index (χ2v) is 5.16. The lowest BCUT2D eigenvalue weighted by molar-refractivity contribution is 0.251. The Balaban J connectivity index is 1.94. The minimum atomic E-state index is -0.316. The van der Waals surface area contributed by atoms with Gasteiger partial charge < -0.3 is 10.6 Å². The quantitative estimate of drug-likeness (QED) is 0.809. The number of nitrogens with zero attached hydrogens (tertiary/aromatic N) is 1. The molecule has 0 saturated heterocycles. The monoisotopic (exact) mass is 312 g/mol. The number of aryl methyl sites for hydroxylation is 2. The van der Waals surface area contributed by atoms with Crippen molar-refractivity contribution >= 4 is 34.9 Å². The minimum absolute atomic E-state index is 0.316. The molecular weight excluding hydrogens is 299 g/mol. The van der Waals surface area contributed by atoms with Gasteiger partial charge in [0, 0.05) is 23.5 Å². The first kappa shape index (κ1) is 14.7. The molecule has 1 heterocycles. The van der Waals surface area contributed by atoms with Crippen molar-refractivity contribution in [3.05, 3.63) is 45.2 Å². The molecule has 5 nitrogen and oxygen atoms in total. The maximum absolute atomic E-state index is 11.8. The Morgan fingerprint density at radius 3 is 2.65 bits per heavy atom. The van der Waals surface area contributed by atoms with E-state index in [1.807, 2.05) is 13.8 Å². The van der Waals surface area contributed by atoms with Crippen LogP contribution in [-0.2, 0) is 6.54 Å². The van der Waals surface area contributed by atoms with Gasteiger partial charge in [0.25, 0.3) is 0 Å². The number of carbonyl (C=O) groups is 1. The summed E-state index contributed by atoms with van der Waals surface area (Å²) in [7, 11) is 0. The van der Waals surface area contributed by atoms with Crippen LogP contribution in [0.15, 0.2) is 18.2 Å². The normalized spacial score (nSPS) is 10.4. The fourth-order valence-electron chi connectivity index (χ4n) is 1.75. The molecule has 0 aliphatic carbocycles. The number of rotatable bonds is 3. The molecule has 0 unspecified atom stereocenters. The molecule has 0 saturated carbocycles. The molecule has 0 atom stereocenters. The van der Waals surface area contributed by atoms with E-state index in [9.17, 15) is 4.79 Å². The summed E-state index contributed by atoms with van der Waals surface area (Å²) in [5.74, 6) is 0. The van der Waals surface area contributed by atoms with E-state index in [0.717, 1.165) is 17.0 Å². The van der Waals surface area contributed by atoms with Crippen molar-refractivity contribution in [3.63, 3.8) is 0 Å². The van der Waals surface area contributed by atoms with E-state index in [1.54, 1.807) is 18.2 Å². The SMILES string of the molecule is Cc1n[nH]c(C)c1CNC(=O)Nc1ccc(Cl)c(Cl)c1. The molecule has 106 valence electrons. The van der Waals surface area contributed by atoms with Gasteiger partial charge in [-0.2, -0.15) is 5.10 Å². The largest absolute Gasteiger partial charge is 0.334 e. The number of benzene rings is 1. The molecule has 3 N–H and O–H groups in total. The molecule has 2 amide bonds. The Labute approximate surface area is 126 Å². The molecule has 7 heteroatoms. The number of anilines is 1. The number of urea groups is 1. The van der Waals surface area contributed by atoms with Gasteiger partial charge in [0.15, 0.2) is 0 Å². The Morgan fingerprint density at radius 2 is 2.05 bits per heavy atom. The number of aromatic amines is 1. The van der Waals surface area contributed by atoms with Gasteiger partial charge in [-0.25, -0.2) is 4.79 Å². The van der Waals surface area contributed by atoms with Crippen LogP contribution in [-0.4, -0.2) is 16.2 Å². The Morgan fingerprint density at radius 1 is 1.30 bits per heavy atom. The van der Waals surface area contributed by atoms with Crippen LogP contribution in [0.3, 0.4) is 0 Å². The van der Waals surface area contributed by atoms with Gasteiger partial charge in [0.1, 0.15) is 0 Å². The topological polar surface area (TPSA) is 69.8 Å². The fourth-order valence-corrected chi connectivity index (χ4v) is 2.05. The molecule has 1 aromatic carbocycles. The molecule has 2 rings (SSSR count). The molecule has 0 radical (unpaired) electrons. The van der Waals surface area contributed by atoms with Crippen LogP contribution in [0, 0.1) is 13.8 Å². The van der Waals surface area contributed by atoms with Gasteiger partial charge in [0.05, 0.1) is 15.7 Å². The van der Waals surface area contributed by atoms with Gasteiger partial charge in [-0.05, 0) is 32.0 Å². The highest BCUT2D eigenvalue weighted by Crippen LogP contribution is 2.24. The Hall–Kier alpha value is -1.72. The third-order valence-electron chi connectivity index (χ3n) is 2.88. The number of H-pyrrole nitrogens is 1. The molecule has 0 aliphatic heterocycles. The predicted octanol–water partition coefficient (Wildman–Crippen LogP) is 3.66. The van der Waals surface area contributed by atoms with Gasteiger partial charge in [-0.15, -0.1) is 0 Å². The molecule has 20 heavy (non-hydrogen) atoms. The van der Waals surface area contributed by atoms with Gasteiger partial charge >= 0.3 is 6.03 Å². The molecule has 2 aromatic rings. The van der Waals surface area contributed by atoms with Crippen LogP contribution in [0.4, 0.5) is 10.5 Å². The molecule has 0 fully saturated rings. The highest BCUT2D eigenvalue weighted by molar-refractivity contribution is 6.42. The van der Waals surface area contributed by atoms with E-state index in [2.05, 4.69) is 20.8 Å². The number of nitrogens with one attached hydrogen (secondary N) is 3. The smallest absolute Gasteiger partial charge is 0.319 e. The Bertz CT molecular complexity index is 620. The maximum Gasteiger partial charge on any atom is 0.319 e. The summed E-state index contributed by atoms with van der Waals surface area (Å²) in [5.41, 5.74) is 3.38. The third-order valence-corrected chi connectivity index (χ3v) is 3.62. The first-order chi connectivity index (χ1) is 9.47. The first-order valence-corrected chi connectivity index (χ1v) is 6.73. The third kappa shape index (κ3) is 3.43. The van der Waals surface area contributed by atoms with E-state index >= 15 is 0 Å². The number of amides is 2. The Kier molecular flexibility index (Phi) is 4.52. The summed E-state index contributed by atoms with van der Waals surface area (Å²) in [6.07, 6.45) is 0. The fraction of sp³-hybridized carbons (Fsp3) is 0.231. The summed E-state index contributed by atoms with van der Waals surface area (Å²) in [4.78, 5) is 11.8. The second-order valence-electron chi connectivity index (χ2n) is 4.35. The zero-order valence-corrected chi connectivity index (χ0v) is 12.6. The molecule has 0 aliphatic rings. The zero-order chi connectivity index (χ0) is 14.7. The van der Waals surface area contributed by atoms with Crippen LogP contribution in [0.25, 0.3) is 0 Å². The summed E-state index contributed by atoms with van der Waals surface area (Å²) >= 11 is 11.7. The lowest BCUT2D eigenvalue weighted by Gasteiger charge is -2.08. The predicted molar refractivity (Wildman–Crippen MR) is 80.4 cm³/mol. The zero-order valence-electron chi connectivity index (χ0n) is 11.1. The van der Waals surface area contributed by atoms with Crippen LogP contribution >= 0.6 is 23.2 Å². The molecule has 0 spiro atoms. The van der Waals surface area contributed by atoms with E-state index in [4.69, 9.17) is 23.2 Å². The lowest BCUT2D eigenvalue weighted by Crippen LogP contribution is -2.28. The van der Waals surface area contributed by atoms with Crippen molar-refractivity contribution in [2.24, 2.45) is 0 Å². The second kappa shape index (κ2) is 6.15. The van der Waals surface area contributed by atoms with Gasteiger partial charge in [-0.1, -0.05) is 23.2 Å². The average molecular weight is 313 g/mol. The number of hydrogen-bond acceptors (Lipinski definition) is 2. The highest BCUT2D eigenvalue weighted by Gasteiger charge is 2.08. The van der Waals surface area contributed by atoms with Crippen LogP contribution < -0.4 is 10.6 Å². The lowest BCUT2D eigenvalue weighted by atomic mass is 10.2. The average Bonchev–Trinajstić information content (AvgIpc) is 2.71. The standard InChI is InChI=1S/C13H14Cl2N4O/c1-7-10(8(2)19-18-7)6-16-13(20)17-9-3-4-11(14)12(15)5-9/h3-5H,6H2,1-2H3,(H,18,19)(H2,16,17,20). The van der Waals surface area contributed by atoms with E-state index in [0.29, 0.717) is 22.3 Å². The van der Waals surface area contributed by atoms with E-state index in [1.165, 1.54) is 0 Å². The van der Waals surface area contributed by atoms with Crippen molar-refractivity contribution in [2.45, 2.75) is 20.4 Å². The molecule has 1 aromatic heterocycles. The number of aromatic nitrogens is 2. The van der Waals surface area contributed by atoms with Gasteiger partial charge in [-0.3, -0.25) is 5.10 Å². The highest BCUT2D eigenvalue weighted by atomic mass is 35.5. The number of hydrogen-bond donors (Lipinski definition) is 3. The molecule has 0 bridgehead atoms. The summed E-state index contributed by atoms with van der Waals surface area (Å²) in [6, 6.07) is 4.59. The van der Waals surface area contributed by atoms with E-state index in [-0.39, 0.29) is 6.03 Å². The van der Waals surface area contributed by atoms with Crippen LogP contribution in [0.2, 0.25) is 10.0 Å². The van der Waals surface area contributed by atoms with Crippen molar-refractivity contribution < 1.29 is 4.79 Å². The van der Waals surface area contributed by atoms with Crippen LogP contribution in [0.5, 0.6) is 0 Å². The first-order valence-electron chi connectivity index (χ1n) is 5.97. The van der Waals surface area contributed by atoms with Crippen LogP contribution in [0.1, 0.15) is 17.0 Å². The number of halogens is 2. The summed E-state index contributed by atoms with van der Waals surface area (Å²) in [5, 5.41) is 13.2. The van der Waals surface area contributed by atoms with E-state index < -0.39 is 0 Å². The maximum atomic E-state index is 11.8. The van der Waals surface area contributed by atoms with Crippen molar-refractivity contribution in [2.75, 3.05) is 5.32 Å². The minimum Gasteiger partial charge on any atom is -0.334 e. The number of carbonyl (C=O) groups excluding carboxylic acids is 1. The van der Waals surface area contributed by atoms with Crippen molar-refractivity contribution in [1.29, 1.82) is 0 Å². The van der Waals surface area contributed by atoms with Crippen molar-refractivity contribution in [3.8, 4) is 0 Å². The summed E-state index contributed by atoms with van der Waals surface area (Å²) in [6.45, 7) is 4.20.